The first-order chi connectivity index (χ1) is 13.6. The second-order valence-corrected chi connectivity index (χ2v) is 8.16. The molecule has 4 aromatic rings. The van der Waals surface area contributed by atoms with Crippen molar-refractivity contribution in [3.63, 3.8) is 0 Å². The molecule has 0 saturated carbocycles. The molecule has 1 N–H and O–H groups in total. The van der Waals surface area contributed by atoms with Crippen LogP contribution in [0.3, 0.4) is 0 Å². The number of carbonyl (C=O) groups excluding carboxylic acids is 1. The number of aromatic nitrogens is 5. The van der Waals surface area contributed by atoms with E-state index in [-0.39, 0.29) is 11.2 Å². The lowest BCUT2D eigenvalue weighted by molar-refractivity contribution is -0.114. The number of hydrogen-bond acceptors (Lipinski definition) is 8. The molecule has 0 fully saturated rings. The van der Waals surface area contributed by atoms with Crippen LogP contribution in [0.1, 0.15) is 25.0 Å². The molecule has 0 saturated heterocycles. The van der Waals surface area contributed by atoms with E-state index in [2.05, 4.69) is 25.7 Å². The number of amides is 1. The van der Waals surface area contributed by atoms with E-state index in [1.54, 1.807) is 17.7 Å². The van der Waals surface area contributed by atoms with Crippen LogP contribution in [-0.4, -0.2) is 30.8 Å². The fourth-order valence-electron chi connectivity index (χ4n) is 2.53. The number of nitrogens with zero attached hydrogens (tertiary/aromatic N) is 5. The Hall–Kier alpha value is -2.98. The van der Waals surface area contributed by atoms with Crippen LogP contribution >= 0.6 is 23.1 Å². The number of carbonyl (C=O) groups is 1. The average Bonchev–Trinajstić information content (AvgIpc) is 3.42. The topological polar surface area (TPSA) is 98.7 Å². The lowest BCUT2D eigenvalue weighted by atomic mass is 10.2. The summed E-state index contributed by atoms with van der Waals surface area (Å²) in [6.45, 7) is 3.45. The van der Waals surface area contributed by atoms with Crippen LogP contribution < -0.4 is 5.32 Å². The van der Waals surface area contributed by atoms with Crippen molar-refractivity contribution in [3.8, 4) is 16.4 Å². The molecule has 28 heavy (non-hydrogen) atoms. The number of thioether (sulfide) groups is 1. The molecule has 1 unspecified atom stereocenters. The molecule has 8 nitrogen and oxygen atoms in total. The van der Waals surface area contributed by atoms with Crippen molar-refractivity contribution in [2.24, 2.45) is 0 Å². The predicted octanol–water partition coefficient (Wildman–Crippen LogP) is 4.19. The van der Waals surface area contributed by atoms with Gasteiger partial charge in [-0.15, -0.1) is 21.5 Å². The number of thiophene rings is 1. The molecular weight excluding hydrogens is 396 g/mol. The van der Waals surface area contributed by atoms with Crippen molar-refractivity contribution in [1.82, 2.24) is 24.9 Å². The van der Waals surface area contributed by atoms with E-state index in [9.17, 15) is 4.79 Å². The van der Waals surface area contributed by atoms with Crippen LogP contribution in [0, 0.1) is 0 Å². The summed E-state index contributed by atoms with van der Waals surface area (Å²) >= 11 is 3.03. The highest BCUT2D eigenvalue weighted by atomic mass is 32.2. The molecule has 3 heterocycles. The largest absolute Gasteiger partial charge is 0.338 e. The summed E-state index contributed by atoms with van der Waals surface area (Å²) in [5.74, 6) is 0.985. The van der Waals surface area contributed by atoms with Gasteiger partial charge >= 0.3 is 0 Å². The summed E-state index contributed by atoms with van der Waals surface area (Å²) < 4.78 is 7.28. The van der Waals surface area contributed by atoms with Crippen molar-refractivity contribution in [2.45, 2.75) is 24.3 Å². The Morgan fingerprint density at radius 2 is 2.21 bits per heavy atom. The van der Waals surface area contributed by atoms with E-state index in [0.29, 0.717) is 22.6 Å². The highest BCUT2D eigenvalue weighted by Gasteiger charge is 2.20. The molecule has 0 aliphatic rings. The zero-order chi connectivity index (χ0) is 19.5. The van der Waals surface area contributed by atoms with Gasteiger partial charge in [0.05, 0.1) is 15.8 Å². The Morgan fingerprint density at radius 1 is 1.32 bits per heavy atom. The summed E-state index contributed by atoms with van der Waals surface area (Å²) in [6.07, 6.45) is 1.63. The fraction of sp³-hybridized carbons (Fsp3) is 0.167. The van der Waals surface area contributed by atoms with Crippen LogP contribution in [0.4, 0.5) is 5.69 Å². The number of nitrogens with one attached hydrogen (secondary N) is 1. The van der Waals surface area contributed by atoms with E-state index in [1.807, 2.05) is 53.3 Å². The van der Waals surface area contributed by atoms with E-state index < -0.39 is 0 Å². The molecule has 4 rings (SSSR count). The quantitative estimate of drug-likeness (QED) is 0.474. The summed E-state index contributed by atoms with van der Waals surface area (Å²) in [5.41, 5.74) is 1.55. The summed E-state index contributed by atoms with van der Waals surface area (Å²) in [4.78, 5) is 16.8. The van der Waals surface area contributed by atoms with E-state index in [0.717, 1.165) is 10.6 Å². The Bertz CT molecular complexity index is 1090. The molecule has 0 spiro atoms. The number of hydrogen-bond donors (Lipinski definition) is 1. The molecular formula is C18H16N6O2S2. The molecule has 1 amide bonds. The van der Waals surface area contributed by atoms with Gasteiger partial charge in [-0.3, -0.25) is 9.36 Å². The average molecular weight is 413 g/mol. The minimum absolute atomic E-state index is 0.109. The van der Waals surface area contributed by atoms with Crippen molar-refractivity contribution < 1.29 is 9.32 Å². The molecule has 1 atom stereocenters. The zero-order valence-corrected chi connectivity index (χ0v) is 16.7. The Labute approximate surface area is 169 Å². The van der Waals surface area contributed by atoms with Crippen LogP contribution in [0.25, 0.3) is 16.4 Å². The van der Waals surface area contributed by atoms with E-state index in [1.165, 1.54) is 18.7 Å². The highest BCUT2D eigenvalue weighted by molar-refractivity contribution is 7.99. The lowest BCUT2D eigenvalue weighted by Gasteiger charge is -2.10. The van der Waals surface area contributed by atoms with Crippen LogP contribution in [-0.2, 0) is 4.79 Å². The molecule has 1 aromatic carbocycles. The number of benzene rings is 1. The molecule has 0 aliphatic heterocycles. The maximum atomic E-state index is 11.3. The minimum atomic E-state index is -0.123. The molecule has 3 aromatic heterocycles. The minimum Gasteiger partial charge on any atom is -0.338 e. The molecule has 0 bridgehead atoms. The lowest BCUT2D eigenvalue weighted by Crippen LogP contribution is -2.06. The van der Waals surface area contributed by atoms with Crippen molar-refractivity contribution in [1.29, 1.82) is 0 Å². The smallest absolute Gasteiger partial charge is 0.240 e. The van der Waals surface area contributed by atoms with Gasteiger partial charge in [0.15, 0.2) is 5.16 Å². The van der Waals surface area contributed by atoms with Gasteiger partial charge in [0.2, 0.25) is 17.6 Å². The zero-order valence-electron chi connectivity index (χ0n) is 15.1. The predicted molar refractivity (Wildman–Crippen MR) is 108 cm³/mol. The highest BCUT2D eigenvalue weighted by Crippen LogP contribution is 2.35. The maximum absolute atomic E-state index is 11.3. The van der Waals surface area contributed by atoms with Gasteiger partial charge in [0.25, 0.3) is 0 Å². The van der Waals surface area contributed by atoms with Crippen molar-refractivity contribution in [2.75, 3.05) is 5.32 Å². The second-order valence-electron chi connectivity index (χ2n) is 5.91. The van der Waals surface area contributed by atoms with Gasteiger partial charge < -0.3 is 9.84 Å². The van der Waals surface area contributed by atoms with Crippen LogP contribution in [0.15, 0.2) is 57.8 Å². The normalized spacial score (nSPS) is 12.1. The third-order valence-corrected chi connectivity index (χ3v) is 5.68. The number of anilines is 1. The Morgan fingerprint density at radius 3 is 3.00 bits per heavy atom. The third-order valence-electron chi connectivity index (χ3n) is 3.77. The summed E-state index contributed by atoms with van der Waals surface area (Å²) in [7, 11) is 0. The molecule has 0 aliphatic carbocycles. The van der Waals surface area contributed by atoms with Gasteiger partial charge in [0, 0.05) is 12.6 Å². The first-order valence-electron chi connectivity index (χ1n) is 8.42. The van der Waals surface area contributed by atoms with Gasteiger partial charge in [-0.1, -0.05) is 29.1 Å². The van der Waals surface area contributed by atoms with Gasteiger partial charge in [0.1, 0.15) is 6.33 Å². The standard InChI is InChI=1S/C18H16N6O2S2/c1-11(17-21-16(23-26-17)15-7-4-8-27-15)28-18-22-19-10-24(18)14-6-3-5-13(9-14)20-12(2)25/h3-11H,1-2H3,(H,20,25). The third kappa shape index (κ3) is 3.97. The van der Waals surface area contributed by atoms with Crippen molar-refractivity contribution >= 4 is 34.7 Å². The van der Waals surface area contributed by atoms with Crippen LogP contribution in [0.5, 0.6) is 0 Å². The second kappa shape index (κ2) is 7.95. The first kappa shape index (κ1) is 18.4. The van der Waals surface area contributed by atoms with Gasteiger partial charge in [-0.2, -0.15) is 4.98 Å². The number of rotatable bonds is 6. The van der Waals surface area contributed by atoms with E-state index in [4.69, 9.17) is 4.52 Å². The SMILES string of the molecule is CC(=O)Nc1cccc(-n2cnnc2SC(C)c2nc(-c3cccs3)no2)c1. The monoisotopic (exact) mass is 412 g/mol. The molecule has 142 valence electrons. The van der Waals surface area contributed by atoms with Crippen molar-refractivity contribution in [3.05, 3.63) is 54.0 Å². The fourth-order valence-corrected chi connectivity index (χ4v) is 4.06. The molecule has 10 heteroatoms. The Balaban J connectivity index is 1.54. The molecule has 0 radical (unpaired) electrons. The summed E-state index contributed by atoms with van der Waals surface area (Å²) in [6, 6.07) is 11.4. The Kier molecular flexibility index (Phi) is 5.22. The summed E-state index contributed by atoms with van der Waals surface area (Å²) in [5, 5.41) is 17.6. The van der Waals surface area contributed by atoms with Crippen LogP contribution in [0.2, 0.25) is 0 Å². The first-order valence-corrected chi connectivity index (χ1v) is 10.2. The van der Waals surface area contributed by atoms with Gasteiger partial charge in [-0.05, 0) is 36.6 Å². The van der Waals surface area contributed by atoms with Gasteiger partial charge in [-0.25, -0.2) is 0 Å². The maximum Gasteiger partial charge on any atom is 0.240 e. The van der Waals surface area contributed by atoms with E-state index >= 15 is 0 Å².